The molecule has 1 heterocycles. The first kappa shape index (κ1) is 12.2. The molecular weight excluding hydrogens is 206 g/mol. The predicted molar refractivity (Wildman–Crippen MR) is 47.7 cm³/mol. The van der Waals surface area contributed by atoms with Crippen molar-refractivity contribution in [2.24, 2.45) is 5.11 Å². The minimum atomic E-state index is -1.32. The average molecular weight is 219 g/mol. The van der Waals surface area contributed by atoms with E-state index in [9.17, 15) is 10.2 Å². The number of aliphatic hydroxyl groups is 3. The van der Waals surface area contributed by atoms with Crippen molar-refractivity contribution < 1.29 is 24.8 Å². The molecule has 15 heavy (non-hydrogen) atoms. The third-order valence-corrected chi connectivity index (χ3v) is 2.27. The summed E-state index contributed by atoms with van der Waals surface area (Å²) in [5.41, 5.74) is 8.26. The second-order valence-corrected chi connectivity index (χ2v) is 3.14. The van der Waals surface area contributed by atoms with Gasteiger partial charge in [-0.2, -0.15) is 0 Å². The third-order valence-electron chi connectivity index (χ3n) is 2.27. The summed E-state index contributed by atoms with van der Waals surface area (Å²) in [6.45, 7) is -0.457. The highest BCUT2D eigenvalue weighted by Crippen LogP contribution is 2.23. The first-order valence-corrected chi connectivity index (χ1v) is 4.35. The van der Waals surface area contributed by atoms with Crippen molar-refractivity contribution in [3.8, 4) is 0 Å². The van der Waals surface area contributed by atoms with Gasteiger partial charge < -0.3 is 24.8 Å². The third kappa shape index (κ3) is 2.37. The normalized spacial score (nSPS) is 40.9. The predicted octanol–water partition coefficient (Wildman–Crippen LogP) is -1.25. The van der Waals surface area contributed by atoms with Gasteiger partial charge in [0.15, 0.2) is 6.29 Å². The van der Waals surface area contributed by atoms with E-state index >= 15 is 0 Å². The Bertz CT molecular complexity index is 255. The maximum atomic E-state index is 9.59. The first-order chi connectivity index (χ1) is 7.15. The highest BCUT2D eigenvalue weighted by atomic mass is 16.7. The monoisotopic (exact) mass is 219 g/mol. The number of hydrogen-bond donors (Lipinski definition) is 3. The first-order valence-electron chi connectivity index (χ1n) is 4.35. The Hall–Kier alpha value is -0.890. The number of ether oxygens (including phenoxy) is 2. The topological polar surface area (TPSA) is 128 Å². The molecular formula is C7H13N3O5. The van der Waals surface area contributed by atoms with Crippen molar-refractivity contribution in [3.05, 3.63) is 10.4 Å². The Labute approximate surface area is 85.7 Å². The van der Waals surface area contributed by atoms with E-state index in [1.165, 1.54) is 7.11 Å². The minimum Gasteiger partial charge on any atom is -0.394 e. The lowest BCUT2D eigenvalue weighted by Gasteiger charge is -2.39. The van der Waals surface area contributed by atoms with Gasteiger partial charge in [0.1, 0.15) is 18.2 Å². The number of methoxy groups -OCH3 is 1. The molecule has 0 aromatic carbocycles. The van der Waals surface area contributed by atoms with E-state index in [1.54, 1.807) is 0 Å². The molecule has 1 fully saturated rings. The lowest BCUT2D eigenvalue weighted by molar-refractivity contribution is -0.257. The molecule has 0 unspecified atom stereocenters. The van der Waals surface area contributed by atoms with Crippen LogP contribution in [0.2, 0.25) is 0 Å². The van der Waals surface area contributed by atoms with Crippen LogP contribution in [0.25, 0.3) is 10.4 Å². The maximum absolute atomic E-state index is 9.59. The van der Waals surface area contributed by atoms with E-state index in [0.29, 0.717) is 0 Å². The zero-order valence-corrected chi connectivity index (χ0v) is 8.09. The summed E-state index contributed by atoms with van der Waals surface area (Å²) in [7, 11) is 1.31. The van der Waals surface area contributed by atoms with Crippen LogP contribution in [-0.4, -0.2) is 59.7 Å². The second-order valence-electron chi connectivity index (χ2n) is 3.14. The van der Waals surface area contributed by atoms with Crippen molar-refractivity contribution in [2.75, 3.05) is 13.7 Å². The smallest absolute Gasteiger partial charge is 0.168 e. The summed E-state index contributed by atoms with van der Waals surface area (Å²) in [6.07, 6.45) is -4.56. The lowest BCUT2D eigenvalue weighted by atomic mass is 9.98. The molecule has 1 aliphatic rings. The van der Waals surface area contributed by atoms with Gasteiger partial charge in [-0.15, -0.1) is 0 Å². The van der Waals surface area contributed by atoms with Crippen LogP contribution in [0.4, 0.5) is 0 Å². The summed E-state index contributed by atoms with van der Waals surface area (Å²) >= 11 is 0. The van der Waals surface area contributed by atoms with E-state index < -0.39 is 37.3 Å². The van der Waals surface area contributed by atoms with Gasteiger partial charge in [-0.1, -0.05) is 5.11 Å². The quantitative estimate of drug-likeness (QED) is 0.310. The second kappa shape index (κ2) is 5.26. The molecule has 0 aliphatic carbocycles. The Balaban J connectivity index is 2.83. The van der Waals surface area contributed by atoms with Gasteiger partial charge in [0.05, 0.1) is 12.7 Å². The SMILES string of the molecule is CO[C@@H]1O[C@@H](CO)[C@@H](O)[C@@H](O)[C@H]1N=[N+]=[N-]. The lowest BCUT2D eigenvalue weighted by Crippen LogP contribution is -2.58. The molecule has 0 aromatic rings. The molecule has 0 aromatic heterocycles. The molecule has 0 radical (unpaired) electrons. The van der Waals surface area contributed by atoms with Crippen LogP contribution in [0.3, 0.4) is 0 Å². The Morgan fingerprint density at radius 2 is 2.13 bits per heavy atom. The molecule has 1 aliphatic heterocycles. The average Bonchev–Trinajstić information content (AvgIpc) is 2.25. The summed E-state index contributed by atoms with van der Waals surface area (Å²) in [5, 5.41) is 31.2. The molecule has 0 spiro atoms. The molecule has 3 N–H and O–H groups in total. The van der Waals surface area contributed by atoms with Gasteiger partial charge in [-0.05, 0) is 5.53 Å². The van der Waals surface area contributed by atoms with E-state index in [2.05, 4.69) is 10.0 Å². The molecule has 0 bridgehead atoms. The van der Waals surface area contributed by atoms with Crippen LogP contribution in [0, 0.1) is 0 Å². The summed E-state index contributed by atoms with van der Waals surface area (Å²) in [5.74, 6) is 0. The molecule has 5 atom stereocenters. The van der Waals surface area contributed by atoms with E-state index in [-0.39, 0.29) is 0 Å². The van der Waals surface area contributed by atoms with Gasteiger partial charge in [0, 0.05) is 12.0 Å². The Morgan fingerprint density at radius 3 is 2.60 bits per heavy atom. The van der Waals surface area contributed by atoms with Crippen LogP contribution < -0.4 is 0 Å². The maximum Gasteiger partial charge on any atom is 0.168 e. The summed E-state index contributed by atoms with van der Waals surface area (Å²) in [6, 6.07) is -1.03. The molecule has 0 amide bonds. The van der Waals surface area contributed by atoms with Gasteiger partial charge in [-0.3, -0.25) is 0 Å². The Morgan fingerprint density at radius 1 is 1.47 bits per heavy atom. The summed E-state index contributed by atoms with van der Waals surface area (Å²) in [4.78, 5) is 2.52. The number of nitrogens with zero attached hydrogens (tertiary/aromatic N) is 3. The van der Waals surface area contributed by atoms with Crippen molar-refractivity contribution >= 4 is 0 Å². The number of azide groups is 1. The standard InChI is InChI=1S/C7H13N3O5/c1-14-7-4(9-10-8)6(13)5(12)3(2-11)15-7/h3-7,11-13H,2H2,1H3/t3-,4+,5+,6-,7+/m0/s1. The van der Waals surface area contributed by atoms with Gasteiger partial charge in [0.2, 0.25) is 0 Å². The van der Waals surface area contributed by atoms with Crippen molar-refractivity contribution in [1.29, 1.82) is 0 Å². The minimum absolute atomic E-state index is 0.457. The largest absolute Gasteiger partial charge is 0.394 e. The van der Waals surface area contributed by atoms with Crippen LogP contribution in [-0.2, 0) is 9.47 Å². The highest BCUT2D eigenvalue weighted by molar-refractivity contribution is 4.93. The fraction of sp³-hybridized carbons (Fsp3) is 1.00. The molecule has 8 nitrogen and oxygen atoms in total. The number of hydrogen-bond acceptors (Lipinski definition) is 6. The molecule has 86 valence electrons. The fourth-order valence-corrected chi connectivity index (χ4v) is 1.44. The molecule has 1 rings (SSSR count). The fourth-order valence-electron chi connectivity index (χ4n) is 1.44. The summed E-state index contributed by atoms with van der Waals surface area (Å²) < 4.78 is 9.92. The number of aliphatic hydroxyl groups excluding tert-OH is 3. The molecule has 0 saturated carbocycles. The van der Waals surface area contributed by atoms with Gasteiger partial charge in [0.25, 0.3) is 0 Å². The van der Waals surface area contributed by atoms with E-state index in [0.717, 1.165) is 0 Å². The van der Waals surface area contributed by atoms with Crippen molar-refractivity contribution in [1.82, 2.24) is 0 Å². The van der Waals surface area contributed by atoms with Crippen molar-refractivity contribution in [3.63, 3.8) is 0 Å². The molecule has 8 heteroatoms. The molecule has 1 saturated heterocycles. The van der Waals surface area contributed by atoms with Crippen LogP contribution in [0.1, 0.15) is 0 Å². The zero-order chi connectivity index (χ0) is 11.4. The van der Waals surface area contributed by atoms with Gasteiger partial charge >= 0.3 is 0 Å². The van der Waals surface area contributed by atoms with Crippen LogP contribution in [0.5, 0.6) is 0 Å². The van der Waals surface area contributed by atoms with E-state index in [1.807, 2.05) is 0 Å². The Kier molecular flexibility index (Phi) is 4.28. The van der Waals surface area contributed by atoms with Crippen LogP contribution in [0.15, 0.2) is 5.11 Å². The van der Waals surface area contributed by atoms with Gasteiger partial charge in [-0.25, -0.2) is 0 Å². The zero-order valence-electron chi connectivity index (χ0n) is 8.09. The van der Waals surface area contributed by atoms with Crippen LogP contribution >= 0.6 is 0 Å². The highest BCUT2D eigenvalue weighted by Gasteiger charge is 2.43. The van der Waals surface area contributed by atoms with E-state index in [4.69, 9.17) is 20.1 Å². The number of rotatable bonds is 3. The van der Waals surface area contributed by atoms with Crippen molar-refractivity contribution in [2.45, 2.75) is 30.6 Å².